The predicted octanol–water partition coefficient (Wildman–Crippen LogP) is -2.03. The van der Waals surface area contributed by atoms with Crippen LogP contribution in [-0.4, -0.2) is 86.1 Å². The third-order valence-corrected chi connectivity index (χ3v) is 5.20. The lowest BCUT2D eigenvalue weighted by Gasteiger charge is -2.30. The summed E-state index contributed by atoms with van der Waals surface area (Å²) in [5, 5.41) is 23.5. The Morgan fingerprint density at radius 2 is 2.03 bits per heavy atom. The number of H-pyrrole nitrogens is 1. The Kier molecular flexibility index (Phi) is 8.51. The average molecular weight is 438 g/mol. The molecule has 1 fully saturated rings. The lowest BCUT2D eigenvalue weighted by Crippen LogP contribution is -2.58. The highest BCUT2D eigenvalue weighted by atomic mass is 16.4. The van der Waals surface area contributed by atoms with E-state index < -0.39 is 54.5 Å². The number of aromatic amines is 1. The highest BCUT2D eigenvalue weighted by molar-refractivity contribution is 5.94. The van der Waals surface area contributed by atoms with Crippen LogP contribution in [0.4, 0.5) is 0 Å². The molecule has 4 unspecified atom stereocenters. The van der Waals surface area contributed by atoms with Gasteiger partial charge in [0.1, 0.15) is 24.2 Å². The van der Waals surface area contributed by atoms with Crippen LogP contribution in [0.15, 0.2) is 12.5 Å². The molecular formula is C19H30N6O6. The van der Waals surface area contributed by atoms with Gasteiger partial charge < -0.3 is 36.5 Å². The van der Waals surface area contributed by atoms with E-state index in [-0.39, 0.29) is 18.9 Å². The number of aliphatic carboxylic acids is 1. The number of nitrogens with one attached hydrogen (secondary N) is 3. The van der Waals surface area contributed by atoms with Gasteiger partial charge in [0.15, 0.2) is 0 Å². The van der Waals surface area contributed by atoms with Gasteiger partial charge >= 0.3 is 5.97 Å². The Hall–Kier alpha value is -2.99. The first-order valence-corrected chi connectivity index (χ1v) is 10.1. The monoisotopic (exact) mass is 438 g/mol. The molecule has 2 rings (SSSR count). The van der Waals surface area contributed by atoms with E-state index in [2.05, 4.69) is 20.6 Å². The number of carbonyl (C=O) groups is 4. The molecular weight excluding hydrogens is 408 g/mol. The number of carboxylic acids is 1. The van der Waals surface area contributed by atoms with E-state index in [0.29, 0.717) is 18.5 Å². The predicted molar refractivity (Wildman–Crippen MR) is 108 cm³/mol. The molecule has 0 aliphatic carbocycles. The van der Waals surface area contributed by atoms with Crippen molar-refractivity contribution in [2.75, 3.05) is 13.2 Å². The van der Waals surface area contributed by atoms with Gasteiger partial charge in [0.05, 0.1) is 12.9 Å². The summed E-state index contributed by atoms with van der Waals surface area (Å²) in [6, 6.07) is -4.16. The molecule has 1 aliphatic heterocycles. The first kappa shape index (κ1) is 24.3. The molecule has 1 saturated heterocycles. The summed E-state index contributed by atoms with van der Waals surface area (Å²) in [5.74, 6) is -3.24. The second kappa shape index (κ2) is 10.9. The van der Waals surface area contributed by atoms with Crippen LogP contribution in [0, 0.1) is 5.92 Å². The quantitative estimate of drug-likeness (QED) is 0.241. The van der Waals surface area contributed by atoms with E-state index in [1.807, 2.05) is 0 Å². The third kappa shape index (κ3) is 6.25. The van der Waals surface area contributed by atoms with Crippen molar-refractivity contribution in [2.24, 2.45) is 11.7 Å². The zero-order valence-corrected chi connectivity index (χ0v) is 17.6. The molecule has 1 aliphatic rings. The summed E-state index contributed by atoms with van der Waals surface area (Å²) in [7, 11) is 0. The average Bonchev–Trinajstić information content (AvgIpc) is 3.41. The summed E-state index contributed by atoms with van der Waals surface area (Å²) in [5.41, 5.74) is 6.14. The Morgan fingerprint density at radius 1 is 1.32 bits per heavy atom. The van der Waals surface area contributed by atoms with Crippen molar-refractivity contribution >= 4 is 23.7 Å². The SMILES string of the molecule is CC(C)C(NC(=O)C1CCCN1C(=O)C(Cc1cnc[nH]1)NC(=O)C(N)CO)C(=O)O. The van der Waals surface area contributed by atoms with Gasteiger partial charge in [-0.05, 0) is 18.8 Å². The number of aromatic nitrogens is 2. The van der Waals surface area contributed by atoms with Crippen molar-refractivity contribution in [2.45, 2.75) is 57.3 Å². The summed E-state index contributed by atoms with van der Waals surface area (Å²) >= 11 is 0. The Bertz CT molecular complexity index is 783. The molecule has 0 saturated carbocycles. The maximum atomic E-state index is 13.3. The number of carboxylic acid groups (broad SMARTS) is 1. The lowest BCUT2D eigenvalue weighted by molar-refractivity contribution is -0.145. The molecule has 2 heterocycles. The Labute approximate surface area is 179 Å². The molecule has 1 aromatic rings. The molecule has 0 bridgehead atoms. The van der Waals surface area contributed by atoms with Crippen LogP contribution in [0.3, 0.4) is 0 Å². The molecule has 12 heteroatoms. The summed E-state index contributed by atoms with van der Waals surface area (Å²) in [6.45, 7) is 3.06. The fourth-order valence-corrected chi connectivity index (χ4v) is 3.44. The molecule has 0 aromatic carbocycles. The Balaban J connectivity index is 2.18. The van der Waals surface area contributed by atoms with Crippen LogP contribution < -0.4 is 16.4 Å². The number of rotatable bonds is 10. The number of likely N-dealkylation sites (tertiary alicyclic amines) is 1. The largest absolute Gasteiger partial charge is 0.480 e. The number of carbonyl (C=O) groups excluding carboxylic acids is 3. The van der Waals surface area contributed by atoms with Crippen molar-refractivity contribution in [3.05, 3.63) is 18.2 Å². The van der Waals surface area contributed by atoms with Crippen molar-refractivity contribution in [3.8, 4) is 0 Å². The molecule has 172 valence electrons. The zero-order chi connectivity index (χ0) is 23.1. The van der Waals surface area contributed by atoms with Gasteiger partial charge in [-0.25, -0.2) is 9.78 Å². The number of aliphatic hydroxyl groups is 1. The molecule has 0 spiro atoms. The van der Waals surface area contributed by atoms with E-state index in [1.165, 1.54) is 17.4 Å². The Morgan fingerprint density at radius 3 is 2.58 bits per heavy atom. The van der Waals surface area contributed by atoms with Gasteiger partial charge in [0.2, 0.25) is 17.7 Å². The van der Waals surface area contributed by atoms with Gasteiger partial charge in [0.25, 0.3) is 0 Å². The first-order valence-electron chi connectivity index (χ1n) is 10.1. The number of hydrogen-bond donors (Lipinski definition) is 6. The van der Waals surface area contributed by atoms with Gasteiger partial charge in [-0.2, -0.15) is 0 Å². The van der Waals surface area contributed by atoms with E-state index in [9.17, 15) is 24.3 Å². The minimum Gasteiger partial charge on any atom is -0.480 e. The maximum Gasteiger partial charge on any atom is 0.326 e. The number of amides is 3. The van der Waals surface area contributed by atoms with Crippen molar-refractivity contribution in [1.82, 2.24) is 25.5 Å². The topological polar surface area (TPSA) is 191 Å². The van der Waals surface area contributed by atoms with Gasteiger partial charge in [-0.15, -0.1) is 0 Å². The number of aliphatic hydroxyl groups excluding tert-OH is 1. The van der Waals surface area contributed by atoms with Gasteiger partial charge in [-0.3, -0.25) is 14.4 Å². The summed E-state index contributed by atoms with van der Waals surface area (Å²) in [4.78, 5) is 57.8. The van der Waals surface area contributed by atoms with Crippen LogP contribution in [0.1, 0.15) is 32.4 Å². The van der Waals surface area contributed by atoms with E-state index in [1.54, 1.807) is 13.8 Å². The minimum absolute atomic E-state index is 0.0807. The van der Waals surface area contributed by atoms with Crippen LogP contribution in [-0.2, 0) is 25.6 Å². The van der Waals surface area contributed by atoms with Crippen LogP contribution in [0.5, 0.6) is 0 Å². The maximum absolute atomic E-state index is 13.3. The summed E-state index contributed by atoms with van der Waals surface area (Å²) < 4.78 is 0. The standard InChI is InChI=1S/C19H30N6O6/c1-10(2)15(19(30)31)24-17(28)14-4-3-5-25(14)18(29)13(6-11-7-21-9-22-11)23-16(27)12(20)8-26/h7,9-10,12-15,26H,3-6,8,20H2,1-2H3,(H,21,22)(H,23,27)(H,24,28)(H,30,31). The second-order valence-corrected chi connectivity index (χ2v) is 7.89. The van der Waals surface area contributed by atoms with Gasteiger partial charge in [-0.1, -0.05) is 13.8 Å². The van der Waals surface area contributed by atoms with Crippen LogP contribution in [0.2, 0.25) is 0 Å². The minimum atomic E-state index is -1.20. The highest BCUT2D eigenvalue weighted by Gasteiger charge is 2.39. The molecule has 3 amide bonds. The lowest BCUT2D eigenvalue weighted by atomic mass is 10.0. The molecule has 0 radical (unpaired) electrons. The smallest absolute Gasteiger partial charge is 0.326 e. The van der Waals surface area contributed by atoms with Crippen molar-refractivity contribution in [1.29, 1.82) is 0 Å². The number of hydrogen-bond acceptors (Lipinski definition) is 7. The fraction of sp³-hybridized carbons (Fsp3) is 0.632. The molecule has 4 atom stereocenters. The van der Waals surface area contributed by atoms with Crippen LogP contribution in [0.25, 0.3) is 0 Å². The van der Waals surface area contributed by atoms with Crippen LogP contribution >= 0.6 is 0 Å². The molecule has 7 N–H and O–H groups in total. The number of imidazole rings is 1. The van der Waals surface area contributed by atoms with Gasteiger partial charge in [0, 0.05) is 24.9 Å². The highest BCUT2D eigenvalue weighted by Crippen LogP contribution is 2.20. The normalized spacial score (nSPS) is 19.0. The second-order valence-electron chi connectivity index (χ2n) is 7.89. The number of nitrogens with two attached hydrogens (primary N) is 1. The third-order valence-electron chi connectivity index (χ3n) is 5.20. The number of nitrogens with zero attached hydrogens (tertiary/aromatic N) is 2. The summed E-state index contributed by atoms with van der Waals surface area (Å²) in [6.07, 6.45) is 3.96. The molecule has 12 nitrogen and oxygen atoms in total. The van der Waals surface area contributed by atoms with E-state index >= 15 is 0 Å². The van der Waals surface area contributed by atoms with Crippen molar-refractivity contribution in [3.63, 3.8) is 0 Å². The van der Waals surface area contributed by atoms with Crippen molar-refractivity contribution < 1.29 is 29.4 Å². The fourth-order valence-electron chi connectivity index (χ4n) is 3.44. The molecule has 1 aromatic heterocycles. The first-order chi connectivity index (χ1) is 14.6. The zero-order valence-electron chi connectivity index (χ0n) is 17.6. The molecule has 31 heavy (non-hydrogen) atoms. The van der Waals surface area contributed by atoms with E-state index in [0.717, 1.165) is 0 Å². The van der Waals surface area contributed by atoms with E-state index in [4.69, 9.17) is 10.8 Å².